The maximum atomic E-state index is 10.7. The minimum atomic E-state index is -0.540. The molecular weight excluding hydrogens is 214 g/mol. The van der Waals surface area contributed by atoms with Crippen LogP contribution in [0.3, 0.4) is 0 Å². The average molecular weight is 235 g/mol. The summed E-state index contributed by atoms with van der Waals surface area (Å²) in [6.45, 7) is 5.34. The molecule has 0 spiro atoms. The van der Waals surface area contributed by atoms with Gasteiger partial charge < -0.3 is 16.4 Å². The van der Waals surface area contributed by atoms with Crippen LogP contribution in [0.25, 0.3) is 0 Å². The Balaban J connectivity index is 2.56. The predicted molar refractivity (Wildman–Crippen MR) is 72.2 cm³/mol. The van der Waals surface area contributed by atoms with Gasteiger partial charge in [-0.15, -0.1) is 0 Å². The molecular formula is C13H21N3O. The number of urea groups is 1. The molecule has 1 rings (SSSR count). The number of anilines is 2. The summed E-state index contributed by atoms with van der Waals surface area (Å²) >= 11 is 0. The second-order valence-electron chi connectivity index (χ2n) is 4.13. The van der Waals surface area contributed by atoms with Crippen molar-refractivity contribution in [2.75, 3.05) is 17.2 Å². The lowest BCUT2D eigenvalue weighted by Gasteiger charge is -2.14. The molecule has 0 atom stereocenters. The lowest BCUT2D eigenvalue weighted by Crippen LogP contribution is -2.19. The maximum Gasteiger partial charge on any atom is 0.316 e. The van der Waals surface area contributed by atoms with Gasteiger partial charge in [0, 0.05) is 17.9 Å². The number of benzene rings is 1. The molecule has 2 amide bonds. The Kier molecular flexibility index (Phi) is 5.33. The first kappa shape index (κ1) is 13.4. The predicted octanol–water partition coefficient (Wildman–Crippen LogP) is 3.03. The number of carbonyl (C=O) groups excluding carboxylic acids is 1. The Morgan fingerprint density at radius 3 is 2.53 bits per heavy atom. The zero-order chi connectivity index (χ0) is 12.7. The van der Waals surface area contributed by atoms with E-state index >= 15 is 0 Å². The summed E-state index contributed by atoms with van der Waals surface area (Å²) in [7, 11) is 0. The number of nitrogens with one attached hydrogen (secondary N) is 2. The number of hydrogen-bond donors (Lipinski definition) is 3. The van der Waals surface area contributed by atoms with Crippen molar-refractivity contribution in [2.24, 2.45) is 11.7 Å². The number of hydrogen-bond acceptors (Lipinski definition) is 2. The van der Waals surface area contributed by atoms with Crippen LogP contribution in [0.1, 0.15) is 26.7 Å². The van der Waals surface area contributed by atoms with Gasteiger partial charge in [0.15, 0.2) is 0 Å². The van der Waals surface area contributed by atoms with Crippen molar-refractivity contribution in [2.45, 2.75) is 26.7 Å². The fraction of sp³-hybridized carbons (Fsp3) is 0.462. The number of primary amides is 1. The molecule has 4 nitrogen and oxygen atoms in total. The molecule has 0 aliphatic rings. The summed E-state index contributed by atoms with van der Waals surface area (Å²) in [5.74, 6) is 0.683. The topological polar surface area (TPSA) is 67.2 Å². The van der Waals surface area contributed by atoms with Crippen molar-refractivity contribution < 1.29 is 4.79 Å². The molecule has 1 aromatic rings. The van der Waals surface area contributed by atoms with Crippen LogP contribution >= 0.6 is 0 Å². The van der Waals surface area contributed by atoms with Gasteiger partial charge in [-0.1, -0.05) is 32.8 Å². The summed E-state index contributed by atoms with van der Waals surface area (Å²) in [6, 6.07) is 7.03. The van der Waals surface area contributed by atoms with Crippen LogP contribution in [0, 0.1) is 5.92 Å². The molecule has 1 aromatic carbocycles. The standard InChI is InChI=1S/C13H21N3O/c1-3-10(4-2)9-15-11-6-5-7-12(8-11)16-13(14)17/h5-8,10,15H,3-4,9H2,1-2H3,(H3,14,16,17). The number of carbonyl (C=O) groups is 1. The third-order valence-electron chi connectivity index (χ3n) is 2.88. The smallest absolute Gasteiger partial charge is 0.316 e. The summed E-state index contributed by atoms with van der Waals surface area (Å²) in [5, 5.41) is 5.93. The van der Waals surface area contributed by atoms with E-state index in [4.69, 9.17) is 5.73 Å². The first-order valence-corrected chi connectivity index (χ1v) is 6.06. The van der Waals surface area contributed by atoms with Gasteiger partial charge in [-0.2, -0.15) is 0 Å². The molecule has 0 aromatic heterocycles. The molecule has 0 aliphatic heterocycles. The van der Waals surface area contributed by atoms with Crippen molar-refractivity contribution in [1.82, 2.24) is 0 Å². The monoisotopic (exact) mass is 235 g/mol. The molecule has 0 radical (unpaired) electrons. The van der Waals surface area contributed by atoms with Gasteiger partial charge in [0.1, 0.15) is 0 Å². The molecule has 0 aliphatic carbocycles. The van der Waals surface area contributed by atoms with Gasteiger partial charge in [-0.3, -0.25) is 0 Å². The van der Waals surface area contributed by atoms with E-state index in [1.807, 2.05) is 24.3 Å². The van der Waals surface area contributed by atoms with Crippen LogP contribution in [0.15, 0.2) is 24.3 Å². The largest absolute Gasteiger partial charge is 0.385 e. The van der Waals surface area contributed by atoms with E-state index < -0.39 is 6.03 Å². The molecule has 17 heavy (non-hydrogen) atoms. The highest BCUT2D eigenvalue weighted by molar-refractivity contribution is 5.88. The fourth-order valence-corrected chi connectivity index (χ4v) is 1.69. The minimum absolute atomic E-state index is 0.540. The van der Waals surface area contributed by atoms with Gasteiger partial charge in [-0.05, 0) is 24.1 Å². The summed E-state index contributed by atoms with van der Waals surface area (Å²) in [6.07, 6.45) is 2.34. The molecule has 0 bridgehead atoms. The zero-order valence-corrected chi connectivity index (χ0v) is 10.5. The second-order valence-corrected chi connectivity index (χ2v) is 4.13. The summed E-state index contributed by atoms with van der Waals surface area (Å²) < 4.78 is 0. The van der Waals surface area contributed by atoms with E-state index in [0.717, 1.165) is 12.2 Å². The van der Waals surface area contributed by atoms with E-state index in [2.05, 4.69) is 24.5 Å². The highest BCUT2D eigenvalue weighted by Crippen LogP contribution is 2.16. The van der Waals surface area contributed by atoms with Crippen LogP contribution < -0.4 is 16.4 Å². The summed E-state index contributed by atoms with van der Waals surface area (Å²) in [5.41, 5.74) is 6.79. The van der Waals surface area contributed by atoms with Gasteiger partial charge in [0.2, 0.25) is 0 Å². The normalized spacial score (nSPS) is 10.3. The summed E-state index contributed by atoms with van der Waals surface area (Å²) in [4.78, 5) is 10.7. The Hall–Kier alpha value is -1.71. The van der Waals surface area contributed by atoms with Gasteiger partial charge in [0.05, 0.1) is 0 Å². The van der Waals surface area contributed by atoms with Crippen molar-refractivity contribution in [3.63, 3.8) is 0 Å². The Bertz CT molecular complexity index is 361. The molecule has 0 saturated heterocycles. The first-order valence-electron chi connectivity index (χ1n) is 6.06. The van der Waals surface area contributed by atoms with Gasteiger partial charge >= 0.3 is 6.03 Å². The minimum Gasteiger partial charge on any atom is -0.385 e. The highest BCUT2D eigenvalue weighted by Gasteiger charge is 2.03. The molecule has 4 heteroatoms. The average Bonchev–Trinajstić information content (AvgIpc) is 2.30. The van der Waals surface area contributed by atoms with Gasteiger partial charge in [0.25, 0.3) is 0 Å². The highest BCUT2D eigenvalue weighted by atomic mass is 16.2. The SMILES string of the molecule is CCC(CC)CNc1cccc(NC(N)=O)c1. The van der Waals surface area contributed by atoms with Crippen molar-refractivity contribution in [1.29, 1.82) is 0 Å². The van der Waals surface area contributed by atoms with E-state index in [0.29, 0.717) is 11.6 Å². The maximum absolute atomic E-state index is 10.7. The van der Waals surface area contributed by atoms with Crippen LogP contribution in [0.2, 0.25) is 0 Å². The number of amides is 2. The number of nitrogens with two attached hydrogens (primary N) is 1. The van der Waals surface area contributed by atoms with Crippen LogP contribution in [-0.2, 0) is 0 Å². The van der Waals surface area contributed by atoms with E-state index in [9.17, 15) is 4.79 Å². The third-order valence-corrected chi connectivity index (χ3v) is 2.88. The lowest BCUT2D eigenvalue weighted by atomic mass is 10.0. The van der Waals surface area contributed by atoms with E-state index in [-0.39, 0.29) is 0 Å². The Morgan fingerprint density at radius 2 is 1.94 bits per heavy atom. The number of rotatable bonds is 6. The van der Waals surface area contributed by atoms with Crippen molar-refractivity contribution >= 4 is 17.4 Å². The molecule has 94 valence electrons. The van der Waals surface area contributed by atoms with Crippen LogP contribution in [0.5, 0.6) is 0 Å². The molecule has 0 heterocycles. The molecule has 0 saturated carbocycles. The van der Waals surface area contributed by atoms with Gasteiger partial charge in [-0.25, -0.2) is 4.79 Å². The molecule has 0 fully saturated rings. The third kappa shape index (κ3) is 4.76. The Labute approximate surface area is 103 Å². The Morgan fingerprint density at radius 1 is 1.29 bits per heavy atom. The lowest BCUT2D eigenvalue weighted by molar-refractivity contribution is 0.259. The van der Waals surface area contributed by atoms with Crippen LogP contribution in [-0.4, -0.2) is 12.6 Å². The first-order chi connectivity index (χ1) is 8.15. The van der Waals surface area contributed by atoms with Crippen molar-refractivity contribution in [3.8, 4) is 0 Å². The molecule has 4 N–H and O–H groups in total. The van der Waals surface area contributed by atoms with Crippen molar-refractivity contribution in [3.05, 3.63) is 24.3 Å². The quantitative estimate of drug-likeness (QED) is 0.709. The van der Waals surface area contributed by atoms with E-state index in [1.54, 1.807) is 0 Å². The fourth-order valence-electron chi connectivity index (χ4n) is 1.69. The van der Waals surface area contributed by atoms with Crippen LogP contribution in [0.4, 0.5) is 16.2 Å². The zero-order valence-electron chi connectivity index (χ0n) is 10.5. The molecule has 0 unspecified atom stereocenters. The van der Waals surface area contributed by atoms with E-state index in [1.165, 1.54) is 12.8 Å². The second kappa shape index (κ2) is 6.78.